The van der Waals surface area contributed by atoms with Crippen molar-refractivity contribution in [3.63, 3.8) is 0 Å². The van der Waals surface area contributed by atoms with Gasteiger partial charge < -0.3 is 9.47 Å². The van der Waals surface area contributed by atoms with Crippen LogP contribution in [-0.2, 0) is 14.3 Å². The van der Waals surface area contributed by atoms with Crippen molar-refractivity contribution in [3.8, 4) is 0 Å². The predicted molar refractivity (Wildman–Crippen MR) is 71.8 cm³/mol. The van der Waals surface area contributed by atoms with Crippen molar-refractivity contribution in [1.29, 1.82) is 0 Å². The van der Waals surface area contributed by atoms with Crippen LogP contribution in [0.2, 0.25) is 0 Å². The molecule has 110 valence electrons. The highest BCUT2D eigenvalue weighted by Crippen LogP contribution is 2.22. The lowest BCUT2D eigenvalue weighted by atomic mass is 10.1. The van der Waals surface area contributed by atoms with E-state index in [0.717, 1.165) is 6.42 Å². The summed E-state index contributed by atoms with van der Waals surface area (Å²) >= 11 is 0. The van der Waals surface area contributed by atoms with Crippen molar-refractivity contribution in [2.75, 3.05) is 13.2 Å². The first-order valence-corrected chi connectivity index (χ1v) is 6.87. The van der Waals surface area contributed by atoms with Crippen molar-refractivity contribution in [1.82, 2.24) is 4.90 Å². The standard InChI is InChI=1S/C14H25NO4/c1-10(2)9-18-13(17)15-8-6-7-11(15)12(16)19-14(3,4)5/h10-11H,6-9H2,1-5H3/t11-/m1/s1. The SMILES string of the molecule is CC(C)COC(=O)N1CCC[C@@H]1C(=O)OC(C)(C)C. The predicted octanol–water partition coefficient (Wildman–Crippen LogP) is 2.59. The summed E-state index contributed by atoms with van der Waals surface area (Å²) in [4.78, 5) is 25.5. The fraction of sp³-hybridized carbons (Fsp3) is 0.857. The molecule has 0 spiro atoms. The number of carbonyl (C=O) groups is 2. The number of amides is 1. The van der Waals surface area contributed by atoms with Crippen molar-refractivity contribution in [2.45, 2.75) is 59.1 Å². The van der Waals surface area contributed by atoms with Gasteiger partial charge in [-0.3, -0.25) is 4.90 Å². The van der Waals surface area contributed by atoms with Crippen LogP contribution in [-0.4, -0.2) is 41.8 Å². The molecule has 0 aliphatic carbocycles. The zero-order chi connectivity index (χ0) is 14.6. The summed E-state index contributed by atoms with van der Waals surface area (Å²) < 4.78 is 10.5. The lowest BCUT2D eigenvalue weighted by molar-refractivity contribution is -0.159. The van der Waals surface area contributed by atoms with Gasteiger partial charge in [0.1, 0.15) is 11.6 Å². The minimum Gasteiger partial charge on any atom is -0.458 e. The first-order chi connectivity index (χ1) is 8.70. The molecule has 0 aromatic heterocycles. The van der Waals surface area contributed by atoms with Crippen LogP contribution >= 0.6 is 0 Å². The largest absolute Gasteiger partial charge is 0.458 e. The van der Waals surface area contributed by atoms with Crippen LogP contribution in [0.15, 0.2) is 0 Å². The number of rotatable bonds is 3. The number of hydrogen-bond acceptors (Lipinski definition) is 4. The van der Waals surface area contributed by atoms with Crippen molar-refractivity contribution in [3.05, 3.63) is 0 Å². The Labute approximate surface area is 115 Å². The monoisotopic (exact) mass is 271 g/mol. The van der Waals surface area contributed by atoms with Gasteiger partial charge in [-0.05, 0) is 39.5 Å². The molecule has 0 saturated carbocycles. The van der Waals surface area contributed by atoms with Gasteiger partial charge in [-0.15, -0.1) is 0 Å². The van der Waals surface area contributed by atoms with E-state index in [1.54, 1.807) is 0 Å². The van der Waals surface area contributed by atoms with Gasteiger partial charge in [0.2, 0.25) is 0 Å². The Bertz CT molecular complexity index is 333. The summed E-state index contributed by atoms with van der Waals surface area (Å²) in [6.07, 6.45) is 1.04. The Kier molecular flexibility index (Phi) is 5.20. The number of esters is 1. The molecular formula is C14H25NO4. The molecule has 0 unspecified atom stereocenters. The molecule has 0 N–H and O–H groups in total. The minimum absolute atomic E-state index is 0.284. The molecule has 1 heterocycles. The van der Waals surface area contributed by atoms with Gasteiger partial charge in [0.05, 0.1) is 6.61 Å². The smallest absolute Gasteiger partial charge is 0.410 e. The summed E-state index contributed by atoms with van der Waals surface area (Å²) in [6, 6.07) is -0.501. The second kappa shape index (κ2) is 6.26. The average molecular weight is 271 g/mol. The Morgan fingerprint density at radius 1 is 1.32 bits per heavy atom. The third-order valence-electron chi connectivity index (χ3n) is 2.71. The van der Waals surface area contributed by atoms with Gasteiger partial charge in [0, 0.05) is 6.54 Å². The zero-order valence-electron chi connectivity index (χ0n) is 12.6. The number of nitrogens with zero attached hydrogens (tertiary/aromatic N) is 1. The first kappa shape index (κ1) is 15.8. The van der Waals surface area contributed by atoms with E-state index in [2.05, 4.69) is 0 Å². The third kappa shape index (κ3) is 5.09. The molecule has 1 rings (SSSR count). The molecule has 0 bridgehead atoms. The van der Waals surface area contributed by atoms with Gasteiger partial charge in [-0.25, -0.2) is 9.59 Å². The molecule has 1 fully saturated rings. The Morgan fingerprint density at radius 3 is 2.47 bits per heavy atom. The highest BCUT2D eigenvalue weighted by atomic mass is 16.6. The third-order valence-corrected chi connectivity index (χ3v) is 2.71. The topological polar surface area (TPSA) is 55.8 Å². The van der Waals surface area contributed by atoms with Crippen LogP contribution in [0, 0.1) is 5.92 Å². The highest BCUT2D eigenvalue weighted by molar-refractivity contribution is 5.82. The lowest BCUT2D eigenvalue weighted by Gasteiger charge is -2.27. The number of ether oxygens (including phenoxy) is 2. The molecule has 1 aliphatic heterocycles. The van der Waals surface area contributed by atoms with E-state index < -0.39 is 17.7 Å². The number of hydrogen-bond donors (Lipinski definition) is 0. The van der Waals surface area contributed by atoms with E-state index in [0.29, 0.717) is 19.6 Å². The van der Waals surface area contributed by atoms with E-state index in [1.807, 2.05) is 34.6 Å². The molecule has 1 atom stereocenters. The Morgan fingerprint density at radius 2 is 1.95 bits per heavy atom. The molecule has 5 heteroatoms. The molecule has 19 heavy (non-hydrogen) atoms. The molecule has 0 aromatic carbocycles. The van der Waals surface area contributed by atoms with Crippen LogP contribution in [0.1, 0.15) is 47.5 Å². The molecule has 5 nitrogen and oxygen atoms in total. The van der Waals surface area contributed by atoms with E-state index in [9.17, 15) is 9.59 Å². The van der Waals surface area contributed by atoms with Crippen molar-refractivity contribution < 1.29 is 19.1 Å². The normalized spacial score (nSPS) is 19.7. The second-order valence-corrected chi connectivity index (χ2v) is 6.36. The Balaban J connectivity index is 2.58. The van der Waals surface area contributed by atoms with E-state index >= 15 is 0 Å². The summed E-state index contributed by atoms with van der Waals surface area (Å²) in [6.45, 7) is 10.3. The van der Waals surface area contributed by atoms with Gasteiger partial charge in [0.15, 0.2) is 0 Å². The highest BCUT2D eigenvalue weighted by Gasteiger charge is 2.37. The van der Waals surface area contributed by atoms with Gasteiger partial charge in [-0.2, -0.15) is 0 Å². The molecular weight excluding hydrogens is 246 g/mol. The van der Waals surface area contributed by atoms with Gasteiger partial charge >= 0.3 is 12.1 Å². The zero-order valence-corrected chi connectivity index (χ0v) is 12.6. The van der Waals surface area contributed by atoms with Crippen molar-refractivity contribution in [2.24, 2.45) is 5.92 Å². The molecule has 1 saturated heterocycles. The number of carbonyl (C=O) groups excluding carboxylic acids is 2. The van der Waals surface area contributed by atoms with E-state index in [4.69, 9.17) is 9.47 Å². The van der Waals surface area contributed by atoms with Crippen LogP contribution in [0.3, 0.4) is 0 Å². The molecule has 0 aromatic rings. The fourth-order valence-corrected chi connectivity index (χ4v) is 1.92. The molecule has 0 radical (unpaired) electrons. The summed E-state index contributed by atoms with van der Waals surface area (Å²) in [5, 5.41) is 0. The van der Waals surface area contributed by atoms with Gasteiger partial charge in [0.25, 0.3) is 0 Å². The second-order valence-electron chi connectivity index (χ2n) is 6.36. The minimum atomic E-state index is -0.535. The van der Waals surface area contributed by atoms with Crippen LogP contribution in [0.25, 0.3) is 0 Å². The first-order valence-electron chi connectivity index (χ1n) is 6.87. The van der Waals surface area contributed by atoms with E-state index in [1.165, 1.54) is 4.90 Å². The maximum absolute atomic E-state index is 12.0. The van der Waals surface area contributed by atoms with Crippen LogP contribution < -0.4 is 0 Å². The van der Waals surface area contributed by atoms with E-state index in [-0.39, 0.29) is 11.9 Å². The fourth-order valence-electron chi connectivity index (χ4n) is 1.92. The van der Waals surface area contributed by atoms with Crippen LogP contribution in [0.4, 0.5) is 4.79 Å². The lowest BCUT2D eigenvalue weighted by Crippen LogP contribution is -2.44. The number of likely N-dealkylation sites (tertiary alicyclic amines) is 1. The summed E-state index contributed by atoms with van der Waals surface area (Å²) in [5.74, 6) is -0.0574. The molecule has 1 aliphatic rings. The Hall–Kier alpha value is -1.26. The van der Waals surface area contributed by atoms with Crippen LogP contribution in [0.5, 0.6) is 0 Å². The maximum atomic E-state index is 12.0. The summed E-state index contributed by atoms with van der Waals surface area (Å²) in [7, 11) is 0. The van der Waals surface area contributed by atoms with Crippen molar-refractivity contribution >= 4 is 12.1 Å². The average Bonchev–Trinajstić information content (AvgIpc) is 2.72. The quantitative estimate of drug-likeness (QED) is 0.740. The molecule has 1 amide bonds. The van der Waals surface area contributed by atoms with Gasteiger partial charge in [-0.1, -0.05) is 13.8 Å². The summed E-state index contributed by atoms with van der Waals surface area (Å²) in [5.41, 5.74) is -0.535. The maximum Gasteiger partial charge on any atom is 0.410 e.